The number of benzene rings is 1. The largest absolute Gasteiger partial charge is 0.497 e. The van der Waals surface area contributed by atoms with Gasteiger partial charge in [0, 0.05) is 19.2 Å². The smallest absolute Gasteiger partial charge is 0.147 e. The van der Waals surface area contributed by atoms with Crippen molar-refractivity contribution in [1.29, 1.82) is 0 Å². The summed E-state index contributed by atoms with van der Waals surface area (Å²) in [5.41, 5.74) is 1.15. The first kappa shape index (κ1) is 15.3. The summed E-state index contributed by atoms with van der Waals surface area (Å²) in [4.78, 5) is 6.83. The first-order valence-corrected chi connectivity index (χ1v) is 8.53. The third kappa shape index (κ3) is 3.31. The monoisotopic (exact) mass is 325 g/mol. The Morgan fingerprint density at radius 3 is 2.42 bits per heavy atom. The van der Waals surface area contributed by atoms with Gasteiger partial charge in [0.2, 0.25) is 0 Å². The lowest BCUT2D eigenvalue weighted by Gasteiger charge is -2.42. The van der Waals surface area contributed by atoms with Gasteiger partial charge in [0.25, 0.3) is 0 Å². The summed E-state index contributed by atoms with van der Waals surface area (Å²) < 4.78 is 11.1. The fourth-order valence-electron chi connectivity index (χ4n) is 3.73. The van der Waals surface area contributed by atoms with Gasteiger partial charge in [-0.15, -0.1) is 0 Å². The van der Waals surface area contributed by atoms with Crippen molar-refractivity contribution >= 4 is 5.69 Å². The lowest BCUT2D eigenvalue weighted by Crippen LogP contribution is -2.51. The second-order valence-electron chi connectivity index (χ2n) is 6.69. The van der Waals surface area contributed by atoms with Crippen molar-refractivity contribution in [2.75, 3.05) is 38.2 Å². The van der Waals surface area contributed by atoms with Gasteiger partial charge in [0.15, 0.2) is 0 Å². The molecule has 2 bridgehead atoms. The van der Waals surface area contributed by atoms with E-state index < -0.39 is 0 Å². The minimum atomic E-state index is 0.740. The van der Waals surface area contributed by atoms with Crippen LogP contribution in [0.5, 0.6) is 17.2 Å². The number of hydrogen-bond acceptors (Lipinski definition) is 5. The molecule has 0 spiro atoms. The second kappa shape index (κ2) is 6.69. The van der Waals surface area contributed by atoms with Crippen molar-refractivity contribution < 1.29 is 9.47 Å². The van der Waals surface area contributed by atoms with Crippen molar-refractivity contribution in [3.8, 4) is 17.2 Å². The molecule has 0 saturated carbocycles. The first-order chi connectivity index (χ1) is 11.8. The van der Waals surface area contributed by atoms with E-state index in [9.17, 15) is 0 Å². The molecule has 126 valence electrons. The number of aromatic nitrogens is 1. The number of nitrogens with one attached hydrogen (secondary N) is 1. The van der Waals surface area contributed by atoms with E-state index in [4.69, 9.17) is 9.47 Å². The number of hydrogen-bond donors (Lipinski definition) is 1. The molecule has 3 heterocycles. The minimum Gasteiger partial charge on any atom is -0.497 e. The molecule has 5 heteroatoms. The van der Waals surface area contributed by atoms with Crippen LogP contribution in [0.1, 0.15) is 6.42 Å². The molecular formula is C19H23N3O2. The zero-order valence-electron chi connectivity index (χ0n) is 13.9. The molecule has 0 radical (unpaired) electrons. The third-order valence-electron chi connectivity index (χ3n) is 4.85. The van der Waals surface area contributed by atoms with E-state index in [0.717, 1.165) is 61.0 Å². The average molecular weight is 325 g/mol. The van der Waals surface area contributed by atoms with E-state index >= 15 is 0 Å². The number of methoxy groups -OCH3 is 1. The SMILES string of the molecule is COc1ccc(Oc2cncc(N3CC4CNCC(C4)C3)c2)cc1. The van der Waals surface area contributed by atoms with Gasteiger partial charge in [-0.1, -0.05) is 0 Å². The van der Waals surface area contributed by atoms with Crippen molar-refractivity contribution in [3.05, 3.63) is 42.7 Å². The Labute approximate surface area is 142 Å². The van der Waals surface area contributed by atoms with Gasteiger partial charge >= 0.3 is 0 Å². The van der Waals surface area contributed by atoms with Crippen molar-refractivity contribution in [2.24, 2.45) is 11.8 Å². The van der Waals surface area contributed by atoms with Gasteiger partial charge in [-0.25, -0.2) is 0 Å². The van der Waals surface area contributed by atoms with E-state index in [1.54, 1.807) is 13.3 Å². The van der Waals surface area contributed by atoms with Gasteiger partial charge in [0.05, 0.1) is 25.2 Å². The first-order valence-electron chi connectivity index (χ1n) is 8.53. The van der Waals surface area contributed by atoms with Crippen LogP contribution in [0, 0.1) is 11.8 Å². The molecule has 2 atom stereocenters. The minimum absolute atomic E-state index is 0.740. The summed E-state index contributed by atoms with van der Waals surface area (Å²) in [5, 5.41) is 3.53. The molecule has 5 nitrogen and oxygen atoms in total. The molecule has 2 aromatic rings. The maximum absolute atomic E-state index is 5.95. The Morgan fingerprint density at radius 1 is 1.00 bits per heavy atom. The number of nitrogens with zero attached hydrogens (tertiary/aromatic N) is 2. The molecule has 0 amide bonds. The van der Waals surface area contributed by atoms with E-state index in [1.165, 1.54) is 6.42 Å². The fourth-order valence-corrected chi connectivity index (χ4v) is 3.73. The number of rotatable bonds is 4. The lowest BCUT2D eigenvalue weighted by atomic mass is 9.85. The Hall–Kier alpha value is -2.27. The molecule has 1 N–H and O–H groups in total. The van der Waals surface area contributed by atoms with Gasteiger partial charge in [-0.3, -0.25) is 4.98 Å². The quantitative estimate of drug-likeness (QED) is 0.936. The zero-order chi connectivity index (χ0) is 16.4. The van der Waals surface area contributed by atoms with Crippen LogP contribution >= 0.6 is 0 Å². The average Bonchev–Trinajstić information content (AvgIpc) is 2.62. The maximum atomic E-state index is 5.95. The highest BCUT2D eigenvalue weighted by Crippen LogP contribution is 2.31. The summed E-state index contributed by atoms with van der Waals surface area (Å²) >= 11 is 0. The Balaban J connectivity index is 1.48. The second-order valence-corrected chi connectivity index (χ2v) is 6.69. The molecule has 2 aliphatic rings. The van der Waals surface area contributed by atoms with Crippen molar-refractivity contribution in [1.82, 2.24) is 10.3 Å². The summed E-state index contributed by atoms with van der Waals surface area (Å²) in [6.45, 7) is 4.44. The summed E-state index contributed by atoms with van der Waals surface area (Å²) in [6, 6.07) is 9.69. The molecule has 1 aromatic carbocycles. The predicted molar refractivity (Wildman–Crippen MR) is 94.0 cm³/mol. The Bertz CT molecular complexity index is 677. The Kier molecular flexibility index (Phi) is 4.26. The van der Waals surface area contributed by atoms with Crippen LogP contribution in [0.15, 0.2) is 42.7 Å². The molecule has 24 heavy (non-hydrogen) atoms. The van der Waals surface area contributed by atoms with Crippen LogP contribution in [0.25, 0.3) is 0 Å². The third-order valence-corrected chi connectivity index (χ3v) is 4.85. The number of piperidine rings is 2. The van der Waals surface area contributed by atoms with Gasteiger partial charge < -0.3 is 19.7 Å². The highest BCUT2D eigenvalue weighted by Gasteiger charge is 2.30. The van der Waals surface area contributed by atoms with Crippen LogP contribution in [0.4, 0.5) is 5.69 Å². The molecule has 0 aliphatic carbocycles. The maximum Gasteiger partial charge on any atom is 0.147 e. The van der Waals surface area contributed by atoms with Crippen LogP contribution in [0.3, 0.4) is 0 Å². The molecule has 1 aromatic heterocycles. The normalized spacial score (nSPS) is 23.0. The molecular weight excluding hydrogens is 302 g/mol. The van der Waals surface area contributed by atoms with Crippen LogP contribution < -0.4 is 19.7 Å². The molecule has 2 saturated heterocycles. The van der Waals surface area contributed by atoms with Crippen molar-refractivity contribution in [3.63, 3.8) is 0 Å². The lowest BCUT2D eigenvalue weighted by molar-refractivity contribution is 0.249. The van der Waals surface area contributed by atoms with E-state index in [0.29, 0.717) is 0 Å². The van der Waals surface area contributed by atoms with E-state index in [2.05, 4.69) is 21.3 Å². The van der Waals surface area contributed by atoms with Gasteiger partial charge in [-0.05, 0) is 55.6 Å². The van der Waals surface area contributed by atoms with Crippen LogP contribution in [-0.4, -0.2) is 38.3 Å². The zero-order valence-corrected chi connectivity index (χ0v) is 13.9. The summed E-state index contributed by atoms with van der Waals surface area (Å²) in [5.74, 6) is 3.86. The van der Waals surface area contributed by atoms with Gasteiger partial charge in [0.1, 0.15) is 17.2 Å². The molecule has 4 rings (SSSR count). The number of pyridine rings is 1. The van der Waals surface area contributed by atoms with Crippen LogP contribution in [0.2, 0.25) is 0 Å². The number of anilines is 1. The highest BCUT2D eigenvalue weighted by molar-refractivity contribution is 5.49. The molecule has 2 unspecified atom stereocenters. The van der Waals surface area contributed by atoms with E-state index in [1.807, 2.05) is 30.5 Å². The van der Waals surface area contributed by atoms with E-state index in [-0.39, 0.29) is 0 Å². The standard InChI is InChI=1S/C19H23N3O2/c1-23-17-2-4-18(5-3-17)24-19-7-16(10-21-11-19)22-12-14-6-15(13-22)9-20-8-14/h2-5,7,10-11,14-15,20H,6,8-9,12-13H2,1H3. The van der Waals surface area contributed by atoms with Crippen molar-refractivity contribution in [2.45, 2.75) is 6.42 Å². The topological polar surface area (TPSA) is 46.6 Å². The molecule has 2 fully saturated rings. The highest BCUT2D eigenvalue weighted by atomic mass is 16.5. The summed E-state index contributed by atoms with van der Waals surface area (Å²) in [6.07, 6.45) is 5.05. The summed E-state index contributed by atoms with van der Waals surface area (Å²) in [7, 11) is 1.66. The number of ether oxygens (including phenoxy) is 2. The van der Waals surface area contributed by atoms with Crippen LogP contribution in [-0.2, 0) is 0 Å². The van der Waals surface area contributed by atoms with Gasteiger partial charge in [-0.2, -0.15) is 0 Å². The fraction of sp³-hybridized carbons (Fsp3) is 0.421. The Morgan fingerprint density at radius 2 is 1.71 bits per heavy atom. The molecule has 2 aliphatic heterocycles. The predicted octanol–water partition coefficient (Wildman–Crippen LogP) is 2.93. The number of fused-ring (bicyclic) bond motifs is 2.